The second kappa shape index (κ2) is 10.7. The van der Waals surface area contributed by atoms with Crippen LogP contribution < -0.4 is 9.62 Å². The van der Waals surface area contributed by atoms with Gasteiger partial charge < -0.3 is 10.2 Å². The fourth-order valence-electron chi connectivity index (χ4n) is 3.68. The molecular formula is C23H30FN3O3S. The van der Waals surface area contributed by atoms with Crippen molar-refractivity contribution in [2.45, 2.75) is 31.1 Å². The summed E-state index contributed by atoms with van der Waals surface area (Å²) in [6.07, 6.45) is 3.17. The van der Waals surface area contributed by atoms with E-state index in [-0.39, 0.29) is 10.6 Å². The van der Waals surface area contributed by atoms with Gasteiger partial charge in [-0.25, -0.2) is 12.8 Å². The molecule has 2 aromatic carbocycles. The van der Waals surface area contributed by atoms with Gasteiger partial charge in [-0.05, 0) is 69.1 Å². The minimum Gasteiger partial charge on any atom is -0.354 e. The Balaban J connectivity index is 1.64. The molecule has 8 heteroatoms. The molecule has 6 nitrogen and oxygen atoms in total. The molecular weight excluding hydrogens is 417 g/mol. The normalized spacial score (nSPS) is 15.5. The number of para-hydroxylation sites is 1. The largest absolute Gasteiger partial charge is 0.354 e. The molecule has 1 N–H and O–H groups in total. The van der Waals surface area contributed by atoms with E-state index in [1.807, 2.05) is 0 Å². The summed E-state index contributed by atoms with van der Waals surface area (Å²) in [7, 11) is -4.10. The van der Waals surface area contributed by atoms with E-state index in [9.17, 15) is 17.6 Å². The van der Waals surface area contributed by atoms with E-state index < -0.39 is 28.3 Å². The highest BCUT2D eigenvalue weighted by Crippen LogP contribution is 2.26. The summed E-state index contributed by atoms with van der Waals surface area (Å²) < 4.78 is 41.6. The monoisotopic (exact) mass is 447 g/mol. The van der Waals surface area contributed by atoms with E-state index in [4.69, 9.17) is 0 Å². The number of amides is 1. The molecule has 1 aliphatic heterocycles. The predicted molar refractivity (Wildman–Crippen MR) is 120 cm³/mol. The Kier molecular flexibility index (Phi) is 8.03. The molecule has 168 valence electrons. The lowest BCUT2D eigenvalue weighted by molar-refractivity contribution is -0.119. The molecule has 0 saturated carbocycles. The van der Waals surface area contributed by atoms with Crippen molar-refractivity contribution in [3.05, 3.63) is 60.4 Å². The van der Waals surface area contributed by atoms with Crippen LogP contribution in [0, 0.1) is 11.7 Å². The van der Waals surface area contributed by atoms with E-state index in [1.165, 1.54) is 43.2 Å². The van der Waals surface area contributed by atoms with Gasteiger partial charge in [0.25, 0.3) is 10.0 Å². The third-order valence-corrected chi connectivity index (χ3v) is 7.36. The maximum absolute atomic E-state index is 14.4. The summed E-state index contributed by atoms with van der Waals surface area (Å²) in [4.78, 5) is 14.9. The Hall–Kier alpha value is -2.45. The molecule has 31 heavy (non-hydrogen) atoms. The first-order valence-corrected chi connectivity index (χ1v) is 12.1. The highest BCUT2D eigenvalue weighted by atomic mass is 32.2. The number of nitrogens with zero attached hydrogens (tertiary/aromatic N) is 2. The van der Waals surface area contributed by atoms with Crippen molar-refractivity contribution in [1.82, 2.24) is 10.2 Å². The molecule has 0 bridgehead atoms. The molecule has 0 unspecified atom stereocenters. The van der Waals surface area contributed by atoms with Gasteiger partial charge in [0.1, 0.15) is 12.4 Å². The number of benzene rings is 2. The van der Waals surface area contributed by atoms with E-state index >= 15 is 0 Å². The molecule has 0 radical (unpaired) electrons. The zero-order valence-electron chi connectivity index (χ0n) is 17.8. The standard InChI is InChI=1S/C23H30FN3O3S/c1-19-12-16-26(17-13-19)15-7-14-25-23(28)18-27(22-11-6-5-10-21(22)24)31(29,30)20-8-3-2-4-9-20/h2-6,8-11,19H,7,12-18H2,1H3,(H,25,28). The second-order valence-electron chi connectivity index (χ2n) is 8.00. The molecule has 0 aromatic heterocycles. The van der Waals surface area contributed by atoms with Gasteiger partial charge in [-0.2, -0.15) is 0 Å². The van der Waals surface area contributed by atoms with Crippen LogP contribution >= 0.6 is 0 Å². The third kappa shape index (κ3) is 6.27. The quantitative estimate of drug-likeness (QED) is 0.599. The van der Waals surface area contributed by atoms with Crippen molar-refractivity contribution in [3.63, 3.8) is 0 Å². The molecule has 1 aliphatic rings. The predicted octanol–water partition coefficient (Wildman–Crippen LogP) is 3.26. The van der Waals surface area contributed by atoms with Crippen molar-refractivity contribution in [2.24, 2.45) is 5.92 Å². The number of carbonyl (C=O) groups excluding carboxylic acids is 1. The van der Waals surface area contributed by atoms with Gasteiger partial charge in [-0.3, -0.25) is 9.10 Å². The van der Waals surface area contributed by atoms with Gasteiger partial charge in [-0.15, -0.1) is 0 Å². The topological polar surface area (TPSA) is 69.7 Å². The highest BCUT2D eigenvalue weighted by Gasteiger charge is 2.28. The summed E-state index contributed by atoms with van der Waals surface area (Å²) in [6.45, 7) is 5.27. The van der Waals surface area contributed by atoms with Crippen LogP contribution in [0.2, 0.25) is 0 Å². The first-order valence-electron chi connectivity index (χ1n) is 10.7. The number of carbonyl (C=O) groups is 1. The van der Waals surface area contributed by atoms with Crippen molar-refractivity contribution in [3.8, 4) is 0 Å². The van der Waals surface area contributed by atoms with Crippen LogP contribution in [0.5, 0.6) is 0 Å². The van der Waals surface area contributed by atoms with Gasteiger partial charge >= 0.3 is 0 Å². The van der Waals surface area contributed by atoms with Crippen molar-refractivity contribution < 1.29 is 17.6 Å². The van der Waals surface area contributed by atoms with Gasteiger partial charge in [-0.1, -0.05) is 37.3 Å². The zero-order chi connectivity index (χ0) is 22.3. The number of sulfonamides is 1. The van der Waals surface area contributed by atoms with E-state index in [0.29, 0.717) is 6.54 Å². The average molecular weight is 448 g/mol. The molecule has 0 spiro atoms. The van der Waals surface area contributed by atoms with Crippen molar-refractivity contribution in [1.29, 1.82) is 0 Å². The SMILES string of the molecule is CC1CCN(CCCNC(=O)CN(c2ccccc2F)S(=O)(=O)c2ccccc2)CC1. The smallest absolute Gasteiger partial charge is 0.264 e. The van der Waals surface area contributed by atoms with Gasteiger partial charge in [0.2, 0.25) is 5.91 Å². The van der Waals surface area contributed by atoms with Crippen molar-refractivity contribution in [2.75, 3.05) is 37.0 Å². The number of hydrogen-bond donors (Lipinski definition) is 1. The lowest BCUT2D eigenvalue weighted by Gasteiger charge is -2.30. The summed E-state index contributed by atoms with van der Waals surface area (Å²) in [5.74, 6) is -0.393. The fourth-order valence-corrected chi connectivity index (χ4v) is 5.13. The minimum atomic E-state index is -4.10. The lowest BCUT2D eigenvalue weighted by Crippen LogP contribution is -2.42. The van der Waals surface area contributed by atoms with Crippen LogP contribution in [0.1, 0.15) is 26.2 Å². The molecule has 1 fully saturated rings. The van der Waals surface area contributed by atoms with Crippen LogP contribution in [0.3, 0.4) is 0 Å². The van der Waals surface area contributed by atoms with Gasteiger partial charge in [0.15, 0.2) is 0 Å². The summed E-state index contributed by atoms with van der Waals surface area (Å²) in [5.41, 5.74) is -0.149. The number of likely N-dealkylation sites (tertiary alicyclic amines) is 1. The van der Waals surface area contributed by atoms with Crippen LogP contribution in [0.25, 0.3) is 0 Å². The molecule has 2 aromatic rings. The Morgan fingerprint density at radius 1 is 1.10 bits per heavy atom. The molecule has 1 saturated heterocycles. The van der Waals surface area contributed by atoms with E-state index in [2.05, 4.69) is 17.1 Å². The number of piperidine rings is 1. The van der Waals surface area contributed by atoms with Crippen LogP contribution in [-0.2, 0) is 14.8 Å². The molecule has 3 rings (SSSR count). The zero-order valence-corrected chi connectivity index (χ0v) is 18.7. The first-order chi connectivity index (χ1) is 14.9. The number of hydrogen-bond acceptors (Lipinski definition) is 4. The van der Waals surface area contributed by atoms with Crippen LogP contribution in [0.15, 0.2) is 59.5 Å². The van der Waals surface area contributed by atoms with Crippen LogP contribution in [-0.4, -0.2) is 51.9 Å². The molecule has 1 amide bonds. The van der Waals surface area contributed by atoms with Gasteiger partial charge in [0.05, 0.1) is 10.6 Å². The summed E-state index contributed by atoms with van der Waals surface area (Å²) >= 11 is 0. The fraction of sp³-hybridized carbons (Fsp3) is 0.435. The summed E-state index contributed by atoms with van der Waals surface area (Å²) in [5, 5.41) is 2.78. The summed E-state index contributed by atoms with van der Waals surface area (Å²) in [6, 6.07) is 13.3. The number of anilines is 1. The van der Waals surface area contributed by atoms with Crippen molar-refractivity contribution >= 4 is 21.6 Å². The molecule has 0 aliphatic carbocycles. The minimum absolute atomic E-state index is 0.00498. The van der Waals surface area contributed by atoms with E-state index in [1.54, 1.807) is 24.3 Å². The Bertz CT molecular complexity index is 961. The highest BCUT2D eigenvalue weighted by molar-refractivity contribution is 7.92. The Morgan fingerprint density at radius 3 is 2.42 bits per heavy atom. The first kappa shape index (κ1) is 23.2. The maximum Gasteiger partial charge on any atom is 0.264 e. The Labute approximate surface area is 184 Å². The Morgan fingerprint density at radius 2 is 1.74 bits per heavy atom. The second-order valence-corrected chi connectivity index (χ2v) is 9.87. The third-order valence-electron chi connectivity index (χ3n) is 5.59. The van der Waals surface area contributed by atoms with Crippen LogP contribution in [0.4, 0.5) is 10.1 Å². The number of nitrogens with one attached hydrogen (secondary N) is 1. The number of halogens is 1. The maximum atomic E-state index is 14.4. The number of rotatable bonds is 9. The van der Waals surface area contributed by atoms with Gasteiger partial charge in [0, 0.05) is 6.54 Å². The molecule has 0 atom stereocenters. The average Bonchev–Trinajstić information content (AvgIpc) is 2.77. The van der Waals surface area contributed by atoms with E-state index in [0.717, 1.165) is 36.3 Å². The molecule has 1 heterocycles. The lowest BCUT2D eigenvalue weighted by atomic mass is 9.99.